The summed E-state index contributed by atoms with van der Waals surface area (Å²) in [5.74, 6) is 1.06. The van der Waals surface area contributed by atoms with Crippen molar-refractivity contribution in [2.45, 2.75) is 84.2 Å². The standard InChI is InChI=1S/C19H34OP2/c1-14(2)21(15(3)4)13-18-10-9-11-19(12-18)20-22(16(5)6)17(7)8/h9-12,14-17H,13H2,1-8H3. The van der Waals surface area contributed by atoms with Gasteiger partial charge in [0.1, 0.15) is 5.75 Å². The van der Waals surface area contributed by atoms with Gasteiger partial charge in [0.05, 0.1) is 8.15 Å². The molecule has 0 aromatic heterocycles. The molecule has 0 aliphatic rings. The van der Waals surface area contributed by atoms with Gasteiger partial charge in [0.2, 0.25) is 0 Å². The van der Waals surface area contributed by atoms with Gasteiger partial charge in [-0.15, -0.1) is 0 Å². The molecule has 0 aliphatic heterocycles. The van der Waals surface area contributed by atoms with E-state index in [1.165, 1.54) is 11.7 Å². The van der Waals surface area contributed by atoms with Crippen LogP contribution in [0.2, 0.25) is 0 Å². The van der Waals surface area contributed by atoms with Crippen molar-refractivity contribution in [2.75, 3.05) is 0 Å². The van der Waals surface area contributed by atoms with Gasteiger partial charge in [-0.1, -0.05) is 75.4 Å². The molecule has 0 radical (unpaired) electrons. The predicted octanol–water partition coefficient (Wildman–Crippen LogP) is 7.08. The summed E-state index contributed by atoms with van der Waals surface area (Å²) in [5.41, 5.74) is 4.20. The van der Waals surface area contributed by atoms with Crippen LogP contribution in [-0.2, 0) is 6.16 Å². The highest BCUT2D eigenvalue weighted by Gasteiger charge is 2.21. The first-order chi connectivity index (χ1) is 10.2. The van der Waals surface area contributed by atoms with Gasteiger partial charge in [0.15, 0.2) is 0 Å². The first-order valence-electron chi connectivity index (χ1n) is 8.53. The quantitative estimate of drug-likeness (QED) is 0.459. The Balaban J connectivity index is 2.85. The van der Waals surface area contributed by atoms with Crippen LogP contribution in [0.3, 0.4) is 0 Å². The molecule has 126 valence electrons. The van der Waals surface area contributed by atoms with Crippen LogP contribution in [0.15, 0.2) is 24.3 Å². The SMILES string of the molecule is CC(C)P(Cc1cccc(OP(C(C)C)C(C)C)c1)C(C)C. The van der Waals surface area contributed by atoms with Crippen LogP contribution in [0.4, 0.5) is 0 Å². The Labute approximate surface area is 140 Å². The van der Waals surface area contributed by atoms with E-state index in [1.54, 1.807) is 0 Å². The zero-order valence-electron chi connectivity index (χ0n) is 15.6. The molecule has 1 rings (SSSR count). The molecule has 0 bridgehead atoms. The second kappa shape index (κ2) is 9.24. The summed E-state index contributed by atoms with van der Waals surface area (Å²) in [6.07, 6.45) is 1.21. The van der Waals surface area contributed by atoms with Crippen molar-refractivity contribution in [2.24, 2.45) is 0 Å². The number of benzene rings is 1. The zero-order valence-corrected chi connectivity index (χ0v) is 17.4. The molecule has 3 heteroatoms. The van der Waals surface area contributed by atoms with Crippen LogP contribution in [0.5, 0.6) is 5.75 Å². The molecule has 0 atom stereocenters. The fourth-order valence-electron chi connectivity index (χ4n) is 2.80. The van der Waals surface area contributed by atoms with E-state index in [4.69, 9.17) is 4.52 Å². The molecule has 22 heavy (non-hydrogen) atoms. The molecule has 1 nitrogen and oxygen atoms in total. The van der Waals surface area contributed by atoms with Crippen LogP contribution in [0.1, 0.15) is 61.0 Å². The van der Waals surface area contributed by atoms with Gasteiger partial charge in [-0.25, -0.2) is 0 Å². The van der Waals surface area contributed by atoms with E-state index in [0.29, 0.717) is 11.3 Å². The highest BCUT2D eigenvalue weighted by Crippen LogP contribution is 2.50. The summed E-state index contributed by atoms with van der Waals surface area (Å²) in [6, 6.07) is 8.82. The summed E-state index contributed by atoms with van der Waals surface area (Å²) < 4.78 is 6.35. The summed E-state index contributed by atoms with van der Waals surface area (Å²) in [5, 5.41) is 0. The highest BCUT2D eigenvalue weighted by atomic mass is 31.1. The van der Waals surface area contributed by atoms with Gasteiger partial charge in [0, 0.05) is 11.3 Å². The molecule has 1 aromatic carbocycles. The van der Waals surface area contributed by atoms with Crippen LogP contribution < -0.4 is 4.52 Å². The van der Waals surface area contributed by atoms with Gasteiger partial charge < -0.3 is 4.52 Å². The van der Waals surface area contributed by atoms with E-state index in [2.05, 4.69) is 79.7 Å². The first kappa shape index (κ1) is 19.9. The summed E-state index contributed by atoms with van der Waals surface area (Å²) in [4.78, 5) is 0. The molecule has 0 heterocycles. The van der Waals surface area contributed by atoms with Gasteiger partial charge in [-0.3, -0.25) is 0 Å². The average Bonchev–Trinajstić information content (AvgIpc) is 2.41. The molecule has 0 unspecified atom stereocenters. The average molecular weight is 340 g/mol. The molecule has 0 N–H and O–H groups in total. The Kier molecular flexibility index (Phi) is 8.37. The molecule has 0 saturated carbocycles. The number of rotatable bonds is 8. The molecule has 0 fully saturated rings. The van der Waals surface area contributed by atoms with Crippen LogP contribution >= 0.6 is 16.1 Å². The van der Waals surface area contributed by atoms with E-state index in [1.807, 2.05) is 0 Å². The lowest BCUT2D eigenvalue weighted by atomic mass is 10.2. The molecule has 0 saturated heterocycles. The number of hydrogen-bond donors (Lipinski definition) is 0. The van der Waals surface area contributed by atoms with Crippen molar-refractivity contribution in [3.63, 3.8) is 0 Å². The van der Waals surface area contributed by atoms with Crippen LogP contribution in [0.25, 0.3) is 0 Å². The third-order valence-electron chi connectivity index (χ3n) is 3.82. The van der Waals surface area contributed by atoms with Gasteiger partial charge in [-0.2, -0.15) is 0 Å². The normalized spacial score (nSPS) is 12.5. The molecule has 0 aliphatic carbocycles. The minimum Gasteiger partial charge on any atom is -0.474 e. The Morgan fingerprint density at radius 1 is 0.818 bits per heavy atom. The summed E-state index contributed by atoms with van der Waals surface area (Å²) >= 11 is 0. The lowest BCUT2D eigenvalue weighted by molar-refractivity contribution is 0.592. The van der Waals surface area contributed by atoms with Crippen molar-refractivity contribution in [3.8, 4) is 5.75 Å². The van der Waals surface area contributed by atoms with Crippen molar-refractivity contribution >= 4 is 16.1 Å². The lowest BCUT2D eigenvalue weighted by Crippen LogP contribution is -2.08. The van der Waals surface area contributed by atoms with Gasteiger partial charge in [-0.05, 0) is 35.2 Å². The van der Waals surface area contributed by atoms with Crippen LogP contribution in [-0.4, -0.2) is 22.6 Å². The second-order valence-electron chi connectivity index (χ2n) is 7.15. The minimum absolute atomic E-state index is 0.0372. The van der Waals surface area contributed by atoms with Gasteiger partial charge >= 0.3 is 0 Å². The van der Waals surface area contributed by atoms with E-state index >= 15 is 0 Å². The third-order valence-corrected chi connectivity index (χ3v) is 9.66. The first-order valence-corrected chi connectivity index (χ1v) is 11.6. The van der Waals surface area contributed by atoms with E-state index in [0.717, 1.165) is 17.1 Å². The number of hydrogen-bond acceptors (Lipinski definition) is 1. The molecular formula is C19H34OP2. The molecule has 0 spiro atoms. The van der Waals surface area contributed by atoms with Crippen molar-refractivity contribution in [1.82, 2.24) is 0 Å². The van der Waals surface area contributed by atoms with Crippen LogP contribution in [0, 0.1) is 0 Å². The maximum Gasteiger partial charge on any atom is 0.123 e. The summed E-state index contributed by atoms with van der Waals surface area (Å²) in [7, 11) is -0.370. The van der Waals surface area contributed by atoms with Crippen molar-refractivity contribution in [3.05, 3.63) is 29.8 Å². The second-order valence-corrected chi connectivity index (χ2v) is 13.5. The highest BCUT2D eigenvalue weighted by molar-refractivity contribution is 7.58. The van der Waals surface area contributed by atoms with E-state index < -0.39 is 8.15 Å². The smallest absolute Gasteiger partial charge is 0.123 e. The monoisotopic (exact) mass is 340 g/mol. The maximum absolute atomic E-state index is 6.35. The minimum atomic E-state index is -0.407. The fourth-order valence-corrected chi connectivity index (χ4v) is 7.31. The fraction of sp³-hybridized carbons (Fsp3) is 0.684. The molecule has 1 aromatic rings. The lowest BCUT2D eigenvalue weighted by Gasteiger charge is -2.27. The van der Waals surface area contributed by atoms with Crippen molar-refractivity contribution < 1.29 is 4.52 Å². The molecular weight excluding hydrogens is 306 g/mol. The maximum atomic E-state index is 6.35. The van der Waals surface area contributed by atoms with E-state index in [9.17, 15) is 0 Å². The summed E-state index contributed by atoms with van der Waals surface area (Å²) in [6.45, 7) is 18.5. The largest absolute Gasteiger partial charge is 0.474 e. The van der Waals surface area contributed by atoms with Crippen molar-refractivity contribution in [1.29, 1.82) is 0 Å². The Hall–Kier alpha value is -0.120. The zero-order chi connectivity index (χ0) is 16.9. The Morgan fingerprint density at radius 2 is 1.36 bits per heavy atom. The van der Waals surface area contributed by atoms with Gasteiger partial charge in [0.25, 0.3) is 0 Å². The Morgan fingerprint density at radius 3 is 1.82 bits per heavy atom. The third kappa shape index (κ3) is 6.17. The van der Waals surface area contributed by atoms with E-state index in [-0.39, 0.29) is 7.92 Å². The molecule has 0 amide bonds. The topological polar surface area (TPSA) is 9.23 Å². The predicted molar refractivity (Wildman–Crippen MR) is 105 cm³/mol. The Bertz CT molecular complexity index is 388.